The van der Waals surface area contributed by atoms with Gasteiger partial charge in [0, 0.05) is 29.8 Å². The lowest BCUT2D eigenvalue weighted by Crippen LogP contribution is -2.25. The number of hydrogen-bond donors (Lipinski definition) is 1. The summed E-state index contributed by atoms with van der Waals surface area (Å²) in [4.78, 5) is 18.7. The van der Waals surface area contributed by atoms with Gasteiger partial charge in [0.05, 0.1) is 32.1 Å². The largest absolute Gasteiger partial charge is 0.379 e. The van der Waals surface area contributed by atoms with Gasteiger partial charge >= 0.3 is 0 Å². The lowest BCUT2D eigenvalue weighted by molar-refractivity contribution is -0.116. The van der Waals surface area contributed by atoms with E-state index in [4.69, 9.17) is 15.0 Å². The fraction of sp³-hybridized carbons (Fsp3) is 0.412. The first kappa shape index (κ1) is 20.4. The number of nitrogens with zero attached hydrogens (tertiary/aromatic N) is 4. The molecule has 0 saturated heterocycles. The maximum absolute atomic E-state index is 11.7. The van der Waals surface area contributed by atoms with Crippen molar-refractivity contribution in [3.05, 3.63) is 52.2 Å². The van der Waals surface area contributed by atoms with E-state index in [2.05, 4.69) is 26.9 Å². The predicted molar refractivity (Wildman–Crippen MR) is 96.8 cm³/mol. The van der Waals surface area contributed by atoms with Crippen molar-refractivity contribution in [2.24, 2.45) is 5.11 Å². The average Bonchev–Trinajstić information content (AvgIpc) is 2.61. The number of carbonyl (C=O) groups is 1. The minimum atomic E-state index is -0.210. The van der Waals surface area contributed by atoms with Crippen LogP contribution in [0.4, 0.5) is 0 Å². The van der Waals surface area contributed by atoms with Gasteiger partial charge in [-0.1, -0.05) is 17.8 Å². The zero-order valence-corrected chi connectivity index (χ0v) is 14.4. The maximum Gasteiger partial charge on any atom is 0.244 e. The van der Waals surface area contributed by atoms with Crippen molar-refractivity contribution in [3.8, 4) is 0 Å². The molecular formula is C17H23N5O3. The summed E-state index contributed by atoms with van der Waals surface area (Å²) >= 11 is 0. The molecule has 134 valence electrons. The number of nitrogens with one attached hydrogen (secondary N) is 1. The molecule has 0 atom stereocenters. The van der Waals surface area contributed by atoms with Crippen LogP contribution in [-0.2, 0) is 14.3 Å². The third-order valence-corrected chi connectivity index (χ3v) is 2.95. The molecule has 0 bridgehead atoms. The van der Waals surface area contributed by atoms with Crippen molar-refractivity contribution in [2.45, 2.75) is 6.92 Å². The third kappa shape index (κ3) is 9.93. The van der Waals surface area contributed by atoms with Crippen LogP contribution in [0, 0.1) is 6.92 Å². The van der Waals surface area contributed by atoms with Gasteiger partial charge in [0.2, 0.25) is 5.91 Å². The lowest BCUT2D eigenvalue weighted by Gasteiger charge is -2.05. The van der Waals surface area contributed by atoms with Gasteiger partial charge in [0.1, 0.15) is 0 Å². The highest BCUT2D eigenvalue weighted by Gasteiger charge is 1.98. The molecule has 8 heteroatoms. The second kappa shape index (κ2) is 12.7. The van der Waals surface area contributed by atoms with Gasteiger partial charge in [-0.25, -0.2) is 0 Å². The Morgan fingerprint density at radius 2 is 2.12 bits per heavy atom. The first-order valence-electron chi connectivity index (χ1n) is 7.89. The van der Waals surface area contributed by atoms with Crippen molar-refractivity contribution >= 4 is 18.1 Å². The summed E-state index contributed by atoms with van der Waals surface area (Å²) in [5.41, 5.74) is 10.6. The molecule has 8 nitrogen and oxygen atoms in total. The number of azide groups is 1. The van der Waals surface area contributed by atoms with E-state index in [1.54, 1.807) is 12.2 Å². The van der Waals surface area contributed by atoms with Crippen LogP contribution in [-0.4, -0.2) is 50.4 Å². The van der Waals surface area contributed by atoms with E-state index < -0.39 is 0 Å². The molecule has 1 heterocycles. The van der Waals surface area contributed by atoms with Crippen molar-refractivity contribution in [1.29, 1.82) is 0 Å². The quantitative estimate of drug-likeness (QED) is 0.206. The third-order valence-electron chi connectivity index (χ3n) is 2.95. The molecule has 0 saturated carbocycles. The van der Waals surface area contributed by atoms with E-state index in [1.165, 1.54) is 6.08 Å². The Hall–Kier alpha value is -2.67. The van der Waals surface area contributed by atoms with Crippen molar-refractivity contribution in [1.82, 2.24) is 10.3 Å². The first-order valence-corrected chi connectivity index (χ1v) is 7.89. The fourth-order valence-electron chi connectivity index (χ4n) is 1.86. The summed E-state index contributed by atoms with van der Waals surface area (Å²) in [5.74, 6) is -0.210. The van der Waals surface area contributed by atoms with Gasteiger partial charge < -0.3 is 14.8 Å². The Bertz CT molecular complexity index is 639. The smallest absolute Gasteiger partial charge is 0.244 e. The minimum absolute atomic E-state index is 0.210. The zero-order valence-electron chi connectivity index (χ0n) is 14.4. The topological polar surface area (TPSA) is 109 Å². The van der Waals surface area contributed by atoms with Crippen LogP contribution in [0.1, 0.15) is 17.0 Å². The summed E-state index contributed by atoms with van der Waals surface area (Å²) in [7, 11) is 0. The van der Waals surface area contributed by atoms with Crippen LogP contribution in [0.15, 0.2) is 29.9 Å². The standard InChI is InChI=1S/C17H23N5O3/c1-3-15-12-14(2)21-16(13-15)4-5-17(23)19-6-8-24-10-11-25-9-7-20-22-18/h3-5,12-13H,1,6-11H2,2H3,(H,19,23). The number of carbonyl (C=O) groups excluding carboxylic acids is 1. The number of rotatable bonds is 12. The molecule has 0 aliphatic heterocycles. The SMILES string of the molecule is C=Cc1cc(C)nc(C=CC(=O)NCCOCCOCCN=[N+]=[N-])c1. The van der Waals surface area contributed by atoms with E-state index >= 15 is 0 Å². The monoisotopic (exact) mass is 345 g/mol. The Labute approximate surface area is 147 Å². The summed E-state index contributed by atoms with van der Waals surface area (Å²) in [6.45, 7) is 7.92. The fourth-order valence-corrected chi connectivity index (χ4v) is 1.86. The highest BCUT2D eigenvalue weighted by atomic mass is 16.5. The van der Waals surface area contributed by atoms with Crippen molar-refractivity contribution in [3.63, 3.8) is 0 Å². The van der Waals surface area contributed by atoms with Gasteiger partial charge in [-0.15, -0.1) is 0 Å². The molecule has 1 aromatic heterocycles. The first-order chi connectivity index (χ1) is 12.2. The molecule has 0 aromatic carbocycles. The van der Waals surface area contributed by atoms with Gasteiger partial charge in [-0.2, -0.15) is 0 Å². The molecule has 0 aliphatic carbocycles. The summed E-state index contributed by atoms with van der Waals surface area (Å²) < 4.78 is 10.5. The van der Waals surface area contributed by atoms with Crippen molar-refractivity contribution < 1.29 is 14.3 Å². The number of amides is 1. The lowest BCUT2D eigenvalue weighted by atomic mass is 10.2. The molecule has 0 fully saturated rings. The van der Waals surface area contributed by atoms with E-state index in [-0.39, 0.29) is 5.91 Å². The second-order valence-corrected chi connectivity index (χ2v) is 4.97. The highest BCUT2D eigenvalue weighted by molar-refractivity contribution is 5.91. The molecule has 1 amide bonds. The van der Waals surface area contributed by atoms with E-state index in [9.17, 15) is 4.79 Å². The molecule has 1 rings (SSSR count). The van der Waals surface area contributed by atoms with Gasteiger partial charge in [0.15, 0.2) is 0 Å². The molecule has 0 spiro atoms. The molecule has 1 aromatic rings. The van der Waals surface area contributed by atoms with Crippen LogP contribution in [0.25, 0.3) is 22.6 Å². The Morgan fingerprint density at radius 1 is 1.36 bits per heavy atom. The van der Waals surface area contributed by atoms with Crippen molar-refractivity contribution in [2.75, 3.05) is 39.5 Å². The molecule has 25 heavy (non-hydrogen) atoms. The average molecular weight is 345 g/mol. The Balaban J connectivity index is 2.15. The normalized spacial score (nSPS) is 10.4. The van der Waals surface area contributed by atoms with Crippen LogP contribution >= 0.6 is 0 Å². The minimum Gasteiger partial charge on any atom is -0.379 e. The van der Waals surface area contributed by atoms with Crippen LogP contribution < -0.4 is 5.32 Å². The van der Waals surface area contributed by atoms with Crippen LogP contribution in [0.3, 0.4) is 0 Å². The molecule has 0 aliphatic rings. The van der Waals surface area contributed by atoms with Gasteiger partial charge in [-0.05, 0) is 36.2 Å². The maximum atomic E-state index is 11.7. The number of ether oxygens (including phenoxy) is 2. The number of pyridine rings is 1. The molecule has 0 radical (unpaired) electrons. The van der Waals surface area contributed by atoms with E-state index in [1.807, 2.05) is 19.1 Å². The van der Waals surface area contributed by atoms with Gasteiger partial charge in [0.25, 0.3) is 0 Å². The Morgan fingerprint density at radius 3 is 2.84 bits per heavy atom. The second-order valence-electron chi connectivity index (χ2n) is 4.97. The summed E-state index contributed by atoms with van der Waals surface area (Å²) in [6.07, 6.45) is 4.84. The van der Waals surface area contributed by atoms with Crippen LogP contribution in [0.5, 0.6) is 0 Å². The Kier molecular flexibility index (Phi) is 10.4. The number of hydrogen-bond acceptors (Lipinski definition) is 5. The highest BCUT2D eigenvalue weighted by Crippen LogP contribution is 2.08. The molecular weight excluding hydrogens is 322 g/mol. The summed E-state index contributed by atoms with van der Waals surface area (Å²) in [6, 6.07) is 3.77. The van der Waals surface area contributed by atoms with Gasteiger partial charge in [-0.3, -0.25) is 9.78 Å². The predicted octanol–water partition coefficient (Wildman–Crippen LogP) is 2.51. The molecule has 0 unspecified atom stereocenters. The van der Waals surface area contributed by atoms with E-state index in [0.29, 0.717) is 45.2 Å². The summed E-state index contributed by atoms with van der Waals surface area (Å²) in [5, 5.41) is 6.06. The zero-order chi connectivity index (χ0) is 18.3. The number of aromatic nitrogens is 1. The van der Waals surface area contributed by atoms with E-state index in [0.717, 1.165) is 11.3 Å². The molecule has 1 N–H and O–H groups in total. The number of aryl methyl sites for hydroxylation is 1. The van der Waals surface area contributed by atoms with Crippen LogP contribution in [0.2, 0.25) is 0 Å².